The van der Waals surface area contributed by atoms with Crippen LogP contribution in [0.15, 0.2) is 28.7 Å². The highest BCUT2D eigenvalue weighted by molar-refractivity contribution is 6.30. The molecule has 1 aliphatic heterocycles. The van der Waals surface area contributed by atoms with Crippen LogP contribution in [0.4, 0.5) is 0 Å². The molecule has 0 radical (unpaired) electrons. The largest absolute Gasteiger partial charge is 0.419 e. The molecule has 1 saturated heterocycles. The molecule has 1 fully saturated rings. The normalized spacial score (nSPS) is 24.4. The van der Waals surface area contributed by atoms with Gasteiger partial charge in [0.1, 0.15) is 0 Å². The van der Waals surface area contributed by atoms with Crippen molar-refractivity contribution in [1.82, 2.24) is 15.1 Å². The van der Waals surface area contributed by atoms with Gasteiger partial charge in [-0.25, -0.2) is 0 Å². The molecule has 0 unspecified atom stereocenters. The van der Waals surface area contributed by atoms with Crippen molar-refractivity contribution in [3.63, 3.8) is 0 Å². The Morgan fingerprint density at radius 2 is 1.95 bits per heavy atom. The van der Waals surface area contributed by atoms with Gasteiger partial charge in [0.2, 0.25) is 11.8 Å². The standard InChI is InChI=1S/C17H22ClN3O/c1-11-7-12(2)10-21(9-11)13(3)16-19-20-17(22-16)14-5-4-6-15(18)8-14/h4-6,8,11-13H,7,9-10H2,1-3H3/t11-,12-,13+/m1/s1. The van der Waals surface area contributed by atoms with Gasteiger partial charge in [0.15, 0.2) is 0 Å². The quantitative estimate of drug-likeness (QED) is 0.839. The van der Waals surface area contributed by atoms with Gasteiger partial charge in [-0.05, 0) is 43.4 Å². The van der Waals surface area contributed by atoms with Crippen LogP contribution in [-0.4, -0.2) is 28.2 Å². The molecule has 4 nitrogen and oxygen atoms in total. The first kappa shape index (κ1) is 15.5. The van der Waals surface area contributed by atoms with Gasteiger partial charge in [-0.1, -0.05) is 31.5 Å². The van der Waals surface area contributed by atoms with Crippen LogP contribution in [0.5, 0.6) is 0 Å². The lowest BCUT2D eigenvalue weighted by Crippen LogP contribution is -2.40. The Balaban J connectivity index is 1.78. The van der Waals surface area contributed by atoms with Crippen LogP contribution in [0.2, 0.25) is 5.02 Å². The van der Waals surface area contributed by atoms with Crippen LogP contribution in [0.25, 0.3) is 11.5 Å². The zero-order valence-corrected chi connectivity index (χ0v) is 14.0. The number of aromatic nitrogens is 2. The van der Waals surface area contributed by atoms with Crippen molar-refractivity contribution in [2.45, 2.75) is 33.2 Å². The van der Waals surface area contributed by atoms with Crippen molar-refractivity contribution < 1.29 is 4.42 Å². The molecule has 0 aliphatic carbocycles. The predicted octanol–water partition coefficient (Wildman–Crippen LogP) is 4.43. The minimum Gasteiger partial charge on any atom is -0.419 e. The molecule has 0 spiro atoms. The van der Waals surface area contributed by atoms with Gasteiger partial charge in [0.25, 0.3) is 0 Å². The van der Waals surface area contributed by atoms with Crippen molar-refractivity contribution in [2.24, 2.45) is 11.8 Å². The van der Waals surface area contributed by atoms with E-state index in [1.807, 2.05) is 24.3 Å². The fourth-order valence-corrected chi connectivity index (χ4v) is 3.52. The monoisotopic (exact) mass is 319 g/mol. The van der Waals surface area contributed by atoms with Crippen LogP contribution in [0, 0.1) is 11.8 Å². The third-order valence-electron chi connectivity index (χ3n) is 4.31. The van der Waals surface area contributed by atoms with Crippen molar-refractivity contribution in [3.8, 4) is 11.5 Å². The molecule has 1 aromatic carbocycles. The zero-order chi connectivity index (χ0) is 15.7. The third kappa shape index (κ3) is 3.33. The maximum absolute atomic E-state index is 6.02. The van der Waals surface area contributed by atoms with Gasteiger partial charge in [-0.3, -0.25) is 4.90 Å². The number of benzene rings is 1. The van der Waals surface area contributed by atoms with E-state index in [1.165, 1.54) is 6.42 Å². The topological polar surface area (TPSA) is 42.2 Å². The van der Waals surface area contributed by atoms with Crippen LogP contribution in [0.1, 0.15) is 39.1 Å². The van der Waals surface area contributed by atoms with Crippen LogP contribution >= 0.6 is 11.6 Å². The van der Waals surface area contributed by atoms with Crippen LogP contribution < -0.4 is 0 Å². The summed E-state index contributed by atoms with van der Waals surface area (Å²) in [5, 5.41) is 9.10. The second-order valence-electron chi connectivity index (χ2n) is 6.53. The van der Waals surface area contributed by atoms with Crippen molar-refractivity contribution in [3.05, 3.63) is 35.2 Å². The third-order valence-corrected chi connectivity index (χ3v) is 4.55. The van der Waals surface area contributed by atoms with E-state index in [0.29, 0.717) is 28.6 Å². The van der Waals surface area contributed by atoms with Gasteiger partial charge in [0, 0.05) is 23.7 Å². The molecule has 5 heteroatoms. The van der Waals surface area contributed by atoms with Crippen LogP contribution in [-0.2, 0) is 0 Å². The maximum atomic E-state index is 6.02. The molecule has 1 aliphatic rings. The molecule has 2 heterocycles. The Morgan fingerprint density at radius 1 is 1.23 bits per heavy atom. The summed E-state index contributed by atoms with van der Waals surface area (Å²) >= 11 is 6.02. The summed E-state index contributed by atoms with van der Waals surface area (Å²) in [5.41, 5.74) is 0.860. The summed E-state index contributed by atoms with van der Waals surface area (Å²) in [5.74, 6) is 2.63. The van der Waals surface area contributed by atoms with Crippen molar-refractivity contribution >= 4 is 11.6 Å². The minimum atomic E-state index is 0.144. The number of nitrogens with zero attached hydrogens (tertiary/aromatic N) is 3. The summed E-state index contributed by atoms with van der Waals surface area (Å²) in [6, 6.07) is 7.64. The highest BCUT2D eigenvalue weighted by atomic mass is 35.5. The molecular weight excluding hydrogens is 298 g/mol. The van der Waals surface area contributed by atoms with E-state index >= 15 is 0 Å². The predicted molar refractivity (Wildman–Crippen MR) is 87.7 cm³/mol. The first-order chi connectivity index (χ1) is 10.5. The Hall–Kier alpha value is -1.39. The van der Waals surface area contributed by atoms with E-state index in [4.69, 9.17) is 16.0 Å². The molecule has 3 atom stereocenters. The summed E-state index contributed by atoms with van der Waals surface area (Å²) in [6.07, 6.45) is 1.29. The minimum absolute atomic E-state index is 0.144. The molecule has 0 saturated carbocycles. The van der Waals surface area contributed by atoms with Crippen LogP contribution in [0.3, 0.4) is 0 Å². The highest BCUT2D eigenvalue weighted by Gasteiger charge is 2.28. The van der Waals surface area contributed by atoms with E-state index in [9.17, 15) is 0 Å². The average Bonchev–Trinajstić information content (AvgIpc) is 2.95. The fourth-order valence-electron chi connectivity index (χ4n) is 3.33. The van der Waals surface area contributed by atoms with E-state index in [1.54, 1.807) is 0 Å². The van der Waals surface area contributed by atoms with Crippen molar-refractivity contribution in [1.29, 1.82) is 0 Å². The van der Waals surface area contributed by atoms with Gasteiger partial charge in [-0.15, -0.1) is 10.2 Å². The molecule has 0 bridgehead atoms. The van der Waals surface area contributed by atoms with E-state index < -0.39 is 0 Å². The second kappa shape index (κ2) is 6.39. The van der Waals surface area contributed by atoms with E-state index in [-0.39, 0.29) is 6.04 Å². The maximum Gasteiger partial charge on any atom is 0.247 e. The Morgan fingerprint density at radius 3 is 2.64 bits per heavy atom. The van der Waals surface area contributed by atoms with Gasteiger partial charge >= 0.3 is 0 Å². The number of hydrogen-bond donors (Lipinski definition) is 0. The zero-order valence-electron chi connectivity index (χ0n) is 13.3. The lowest BCUT2D eigenvalue weighted by Gasteiger charge is -2.37. The summed E-state index contributed by atoms with van der Waals surface area (Å²) in [4.78, 5) is 2.44. The molecular formula is C17H22ClN3O. The second-order valence-corrected chi connectivity index (χ2v) is 6.97. The number of halogens is 1. The Labute approximate surface area is 136 Å². The lowest BCUT2D eigenvalue weighted by atomic mass is 9.91. The number of rotatable bonds is 3. The molecule has 0 N–H and O–H groups in total. The van der Waals surface area contributed by atoms with E-state index in [0.717, 1.165) is 18.7 Å². The van der Waals surface area contributed by atoms with Gasteiger partial charge in [0.05, 0.1) is 6.04 Å². The van der Waals surface area contributed by atoms with Crippen molar-refractivity contribution in [2.75, 3.05) is 13.1 Å². The summed E-state index contributed by atoms with van der Waals surface area (Å²) in [7, 11) is 0. The Bertz CT molecular complexity index is 632. The SMILES string of the molecule is C[C@@H]1C[C@@H](C)CN([C@@H](C)c2nnc(-c3cccc(Cl)c3)o2)C1. The fraction of sp³-hybridized carbons (Fsp3) is 0.529. The molecule has 1 aromatic heterocycles. The molecule has 3 rings (SSSR count). The van der Waals surface area contributed by atoms with Gasteiger partial charge in [-0.2, -0.15) is 0 Å². The van der Waals surface area contributed by atoms with Gasteiger partial charge < -0.3 is 4.42 Å². The summed E-state index contributed by atoms with van der Waals surface area (Å²) in [6.45, 7) is 8.92. The molecule has 118 valence electrons. The number of piperidine rings is 1. The first-order valence-corrected chi connectivity index (χ1v) is 8.24. The lowest BCUT2D eigenvalue weighted by molar-refractivity contribution is 0.0903. The number of hydrogen-bond acceptors (Lipinski definition) is 4. The highest BCUT2D eigenvalue weighted by Crippen LogP contribution is 2.30. The number of likely N-dealkylation sites (tertiary alicyclic amines) is 1. The molecule has 0 amide bonds. The average molecular weight is 320 g/mol. The van der Waals surface area contributed by atoms with E-state index in [2.05, 4.69) is 35.9 Å². The first-order valence-electron chi connectivity index (χ1n) is 7.86. The molecule has 22 heavy (non-hydrogen) atoms. The molecule has 2 aromatic rings. The Kier molecular flexibility index (Phi) is 4.50. The summed E-state index contributed by atoms with van der Waals surface area (Å²) < 4.78 is 5.89. The smallest absolute Gasteiger partial charge is 0.247 e.